The molecule has 4 nitrogen and oxygen atoms in total. The van der Waals surface area contributed by atoms with Gasteiger partial charge in [-0.25, -0.2) is 4.39 Å². The molecule has 0 saturated heterocycles. The molecule has 1 aliphatic rings. The Hall–Kier alpha value is -1.72. The molecule has 0 spiro atoms. The average molecular weight is 284 g/mol. The second-order valence-electron chi connectivity index (χ2n) is 5.26. The summed E-state index contributed by atoms with van der Waals surface area (Å²) in [5.41, 5.74) is -0.708. The molecule has 1 aromatic rings. The van der Waals surface area contributed by atoms with Crippen molar-refractivity contribution in [1.29, 1.82) is 0 Å². The van der Waals surface area contributed by atoms with Gasteiger partial charge in [0.1, 0.15) is 5.82 Å². The first-order valence-electron chi connectivity index (χ1n) is 6.95. The van der Waals surface area contributed by atoms with Crippen molar-refractivity contribution in [2.75, 3.05) is 11.9 Å². The van der Waals surface area contributed by atoms with Crippen LogP contribution in [0, 0.1) is 27.7 Å². The second-order valence-corrected chi connectivity index (χ2v) is 5.26. The first-order chi connectivity index (χ1) is 9.58. The molecule has 1 aromatic carbocycles. The number of rotatable bonds is 5. The Kier molecular flexibility index (Phi) is 4.87. The Morgan fingerprint density at radius 1 is 1.20 bits per heavy atom. The van der Waals surface area contributed by atoms with E-state index in [4.69, 9.17) is 0 Å². The lowest BCUT2D eigenvalue weighted by Gasteiger charge is -2.21. The number of benzene rings is 1. The van der Waals surface area contributed by atoms with E-state index in [-0.39, 0.29) is 5.69 Å². The van der Waals surface area contributed by atoms with Crippen LogP contribution in [0.15, 0.2) is 12.1 Å². The fourth-order valence-electron chi connectivity index (χ4n) is 2.70. The molecule has 1 N–H and O–H groups in total. The van der Waals surface area contributed by atoms with Gasteiger partial charge < -0.3 is 5.32 Å². The highest BCUT2D eigenvalue weighted by Crippen LogP contribution is 2.28. The fraction of sp³-hybridized carbons (Fsp3) is 0.571. The zero-order valence-corrected chi connectivity index (χ0v) is 11.2. The van der Waals surface area contributed by atoms with Crippen molar-refractivity contribution in [3.8, 4) is 0 Å². The predicted octanol–water partition coefficient (Wildman–Crippen LogP) is 4.26. The molecule has 20 heavy (non-hydrogen) atoms. The Labute approximate surface area is 116 Å². The standard InChI is InChI=1S/C14H18F2N2O2/c15-11-8-12(16)14(18(19)20)9-13(11)17-7-6-10-4-2-1-3-5-10/h8-10,17H,1-7H2. The minimum atomic E-state index is -1.15. The van der Waals surface area contributed by atoms with Crippen LogP contribution < -0.4 is 5.32 Å². The third-order valence-electron chi connectivity index (χ3n) is 3.83. The lowest BCUT2D eigenvalue weighted by molar-refractivity contribution is -0.387. The Morgan fingerprint density at radius 2 is 1.90 bits per heavy atom. The van der Waals surface area contributed by atoms with Crippen LogP contribution in [-0.2, 0) is 0 Å². The summed E-state index contributed by atoms with van der Waals surface area (Å²) < 4.78 is 26.7. The Balaban J connectivity index is 1.94. The summed E-state index contributed by atoms with van der Waals surface area (Å²) >= 11 is 0. The number of halogens is 2. The number of hydrogen-bond donors (Lipinski definition) is 1. The Morgan fingerprint density at radius 3 is 2.55 bits per heavy atom. The SMILES string of the molecule is O=[N+]([O-])c1cc(NCCC2CCCCC2)c(F)cc1F. The zero-order valence-electron chi connectivity index (χ0n) is 11.2. The summed E-state index contributed by atoms with van der Waals surface area (Å²) in [5, 5.41) is 13.5. The van der Waals surface area contributed by atoms with E-state index < -0.39 is 22.2 Å². The van der Waals surface area contributed by atoms with Crippen LogP contribution in [0.4, 0.5) is 20.2 Å². The summed E-state index contributed by atoms with van der Waals surface area (Å²) in [6.07, 6.45) is 7.04. The largest absolute Gasteiger partial charge is 0.382 e. The molecule has 0 aromatic heterocycles. The molecule has 110 valence electrons. The van der Waals surface area contributed by atoms with Crippen molar-refractivity contribution in [2.45, 2.75) is 38.5 Å². The topological polar surface area (TPSA) is 55.2 Å². The first kappa shape index (κ1) is 14.7. The zero-order chi connectivity index (χ0) is 14.5. The van der Waals surface area contributed by atoms with E-state index in [9.17, 15) is 18.9 Å². The molecule has 2 rings (SSSR count). The molecular formula is C14H18F2N2O2. The van der Waals surface area contributed by atoms with E-state index in [2.05, 4.69) is 5.32 Å². The minimum Gasteiger partial charge on any atom is -0.382 e. The van der Waals surface area contributed by atoms with E-state index in [1.165, 1.54) is 32.1 Å². The van der Waals surface area contributed by atoms with Crippen molar-refractivity contribution in [3.05, 3.63) is 33.9 Å². The predicted molar refractivity (Wildman–Crippen MR) is 72.7 cm³/mol. The van der Waals surface area contributed by atoms with Crippen molar-refractivity contribution < 1.29 is 13.7 Å². The maximum Gasteiger partial charge on any atom is 0.307 e. The first-order valence-corrected chi connectivity index (χ1v) is 6.95. The normalized spacial score (nSPS) is 16.1. The molecule has 0 bridgehead atoms. The number of nitro benzene ring substituents is 1. The van der Waals surface area contributed by atoms with Crippen LogP contribution in [0.5, 0.6) is 0 Å². The summed E-state index contributed by atoms with van der Waals surface area (Å²) in [5.74, 6) is -1.31. The van der Waals surface area contributed by atoms with Crippen molar-refractivity contribution in [1.82, 2.24) is 0 Å². The quantitative estimate of drug-likeness (QED) is 0.649. The molecule has 1 saturated carbocycles. The molecule has 0 atom stereocenters. The van der Waals surface area contributed by atoms with E-state index >= 15 is 0 Å². The second kappa shape index (κ2) is 6.63. The highest BCUT2D eigenvalue weighted by molar-refractivity contribution is 5.53. The lowest BCUT2D eigenvalue weighted by Crippen LogP contribution is -2.13. The summed E-state index contributed by atoms with van der Waals surface area (Å²) in [7, 11) is 0. The molecule has 1 fully saturated rings. The summed E-state index contributed by atoms with van der Waals surface area (Å²) in [6.45, 7) is 0.546. The van der Waals surface area contributed by atoms with Crippen LogP contribution in [0.1, 0.15) is 38.5 Å². The van der Waals surface area contributed by atoms with E-state index in [1.807, 2.05) is 0 Å². The smallest absolute Gasteiger partial charge is 0.307 e. The van der Waals surface area contributed by atoms with Gasteiger partial charge in [-0.05, 0) is 12.3 Å². The van der Waals surface area contributed by atoms with Gasteiger partial charge in [-0.2, -0.15) is 4.39 Å². The highest BCUT2D eigenvalue weighted by atomic mass is 19.1. The van der Waals surface area contributed by atoms with Gasteiger partial charge in [-0.3, -0.25) is 10.1 Å². The number of nitrogens with one attached hydrogen (secondary N) is 1. The van der Waals surface area contributed by atoms with Crippen molar-refractivity contribution >= 4 is 11.4 Å². The molecule has 1 aliphatic carbocycles. The highest BCUT2D eigenvalue weighted by Gasteiger charge is 2.19. The van der Waals surface area contributed by atoms with Gasteiger partial charge in [-0.1, -0.05) is 32.1 Å². The van der Waals surface area contributed by atoms with Crippen LogP contribution in [0.25, 0.3) is 0 Å². The van der Waals surface area contributed by atoms with Gasteiger partial charge in [0.2, 0.25) is 5.82 Å². The maximum absolute atomic E-state index is 13.5. The average Bonchev–Trinajstić information content (AvgIpc) is 2.42. The van der Waals surface area contributed by atoms with Gasteiger partial charge in [0.25, 0.3) is 0 Å². The lowest BCUT2D eigenvalue weighted by atomic mass is 9.87. The summed E-state index contributed by atoms with van der Waals surface area (Å²) in [6, 6.07) is 1.48. The molecule has 0 unspecified atom stereocenters. The van der Waals surface area contributed by atoms with E-state index in [1.54, 1.807) is 0 Å². The van der Waals surface area contributed by atoms with Gasteiger partial charge in [0.05, 0.1) is 10.6 Å². The molecule has 0 amide bonds. The minimum absolute atomic E-state index is 0.00564. The molecule has 0 radical (unpaired) electrons. The number of anilines is 1. The molecular weight excluding hydrogens is 266 g/mol. The molecule has 0 aliphatic heterocycles. The van der Waals surface area contributed by atoms with E-state index in [0.29, 0.717) is 18.5 Å². The third kappa shape index (κ3) is 3.65. The summed E-state index contributed by atoms with van der Waals surface area (Å²) in [4.78, 5) is 9.78. The Bertz CT molecular complexity index is 488. The monoisotopic (exact) mass is 284 g/mol. The number of nitro groups is 1. The fourth-order valence-corrected chi connectivity index (χ4v) is 2.70. The van der Waals surface area contributed by atoms with Gasteiger partial charge in [-0.15, -0.1) is 0 Å². The van der Waals surface area contributed by atoms with E-state index in [0.717, 1.165) is 12.5 Å². The van der Waals surface area contributed by atoms with Crippen LogP contribution in [-0.4, -0.2) is 11.5 Å². The third-order valence-corrected chi connectivity index (χ3v) is 3.83. The van der Waals surface area contributed by atoms with Crippen LogP contribution in [0.2, 0.25) is 0 Å². The van der Waals surface area contributed by atoms with Crippen molar-refractivity contribution in [2.24, 2.45) is 5.92 Å². The van der Waals surface area contributed by atoms with Crippen molar-refractivity contribution in [3.63, 3.8) is 0 Å². The van der Waals surface area contributed by atoms with Crippen LogP contribution in [0.3, 0.4) is 0 Å². The number of nitrogens with zero attached hydrogens (tertiary/aromatic N) is 1. The van der Waals surface area contributed by atoms with Crippen LogP contribution >= 0.6 is 0 Å². The molecule has 6 heteroatoms. The maximum atomic E-state index is 13.5. The number of hydrogen-bond acceptors (Lipinski definition) is 3. The van der Waals surface area contributed by atoms with Gasteiger partial charge in [0, 0.05) is 18.7 Å². The van der Waals surface area contributed by atoms with Gasteiger partial charge >= 0.3 is 5.69 Å². The molecule has 0 heterocycles. The van der Waals surface area contributed by atoms with Gasteiger partial charge in [0.15, 0.2) is 0 Å².